The summed E-state index contributed by atoms with van der Waals surface area (Å²) in [7, 11) is 0. The lowest BCUT2D eigenvalue weighted by atomic mass is 9.40. The van der Waals surface area contributed by atoms with Crippen molar-refractivity contribution in [2.24, 2.45) is 11.1 Å². The van der Waals surface area contributed by atoms with Crippen LogP contribution in [0, 0.1) is 17.3 Å². The van der Waals surface area contributed by atoms with E-state index in [1.165, 1.54) is 0 Å². The van der Waals surface area contributed by atoms with Gasteiger partial charge in [-0.15, -0.1) is 0 Å². The predicted molar refractivity (Wildman–Crippen MR) is 104 cm³/mol. The number of aromatic nitrogens is 3. The molecule has 0 amide bonds. The third kappa shape index (κ3) is 2.93. The Morgan fingerprint density at radius 1 is 1.29 bits per heavy atom. The molecule has 0 aliphatic heterocycles. The quantitative estimate of drug-likeness (QED) is 0.686. The van der Waals surface area contributed by atoms with Gasteiger partial charge in [-0.05, 0) is 38.3 Å². The van der Waals surface area contributed by atoms with E-state index in [2.05, 4.69) is 22.0 Å². The van der Waals surface area contributed by atoms with Gasteiger partial charge in [-0.2, -0.15) is 0 Å². The lowest BCUT2D eigenvalue weighted by Gasteiger charge is -2.66. The van der Waals surface area contributed by atoms with Gasteiger partial charge in [0.1, 0.15) is 17.6 Å². The Bertz CT molecular complexity index is 1060. The number of imidazole rings is 1. The summed E-state index contributed by atoms with van der Waals surface area (Å²) in [5, 5.41) is 13.9. The highest BCUT2D eigenvalue weighted by molar-refractivity contribution is 5.60. The van der Waals surface area contributed by atoms with Crippen molar-refractivity contribution in [1.82, 2.24) is 14.7 Å². The Kier molecular flexibility index (Phi) is 3.73. The second-order valence-corrected chi connectivity index (χ2v) is 8.27. The molecule has 3 saturated carbocycles. The van der Waals surface area contributed by atoms with Gasteiger partial charge in [-0.1, -0.05) is 29.1 Å². The standard InChI is InChI=1S/C22H22N4O2/c1-15(27)20-24-8-9-26(20)11-18-10-19(25-28-18)17-4-2-16(3-5-17)6-7-21-12-22(23,13-21)14-21/h2-5,8-10,15,27H,11-14,23H2,1H3/t15-,21?,22?/m0/s1. The van der Waals surface area contributed by atoms with Crippen molar-refractivity contribution in [3.63, 3.8) is 0 Å². The van der Waals surface area contributed by atoms with Crippen LogP contribution in [0.2, 0.25) is 0 Å². The van der Waals surface area contributed by atoms with Crippen LogP contribution in [0.15, 0.2) is 47.2 Å². The van der Waals surface area contributed by atoms with Gasteiger partial charge in [0.25, 0.3) is 0 Å². The highest BCUT2D eigenvalue weighted by atomic mass is 16.5. The van der Waals surface area contributed by atoms with E-state index in [4.69, 9.17) is 10.3 Å². The molecule has 0 spiro atoms. The molecule has 6 heteroatoms. The molecule has 3 N–H and O–H groups in total. The third-order valence-electron chi connectivity index (χ3n) is 5.73. The minimum Gasteiger partial charge on any atom is -0.385 e. The van der Waals surface area contributed by atoms with E-state index in [0.717, 1.165) is 36.1 Å². The Labute approximate surface area is 163 Å². The molecule has 142 valence electrons. The van der Waals surface area contributed by atoms with Crippen LogP contribution in [0.25, 0.3) is 11.3 Å². The molecule has 6 rings (SSSR count). The van der Waals surface area contributed by atoms with E-state index in [9.17, 15) is 5.11 Å². The lowest BCUT2D eigenvalue weighted by molar-refractivity contribution is -0.0807. The first-order chi connectivity index (χ1) is 13.4. The first kappa shape index (κ1) is 17.2. The van der Waals surface area contributed by atoms with Crippen LogP contribution in [-0.4, -0.2) is 25.4 Å². The average molecular weight is 374 g/mol. The smallest absolute Gasteiger partial charge is 0.157 e. The minimum absolute atomic E-state index is 0.0931. The molecule has 0 radical (unpaired) electrons. The topological polar surface area (TPSA) is 90.1 Å². The highest BCUT2D eigenvalue weighted by Gasteiger charge is 2.65. The average Bonchev–Trinajstić information content (AvgIpc) is 3.27. The molecule has 2 heterocycles. The molecule has 0 unspecified atom stereocenters. The Balaban J connectivity index is 1.28. The maximum Gasteiger partial charge on any atom is 0.157 e. The van der Waals surface area contributed by atoms with Crippen molar-refractivity contribution in [2.75, 3.05) is 0 Å². The number of benzene rings is 1. The van der Waals surface area contributed by atoms with Gasteiger partial charge >= 0.3 is 0 Å². The summed E-state index contributed by atoms with van der Waals surface area (Å²) in [6.45, 7) is 2.17. The summed E-state index contributed by atoms with van der Waals surface area (Å²) in [6.07, 6.45) is 5.98. The number of aliphatic hydroxyl groups is 1. The van der Waals surface area contributed by atoms with E-state index in [1.807, 2.05) is 41.1 Å². The van der Waals surface area contributed by atoms with Crippen LogP contribution < -0.4 is 5.73 Å². The van der Waals surface area contributed by atoms with Crippen LogP contribution in [0.3, 0.4) is 0 Å². The molecule has 1 atom stereocenters. The van der Waals surface area contributed by atoms with Gasteiger partial charge in [0.2, 0.25) is 0 Å². The first-order valence-electron chi connectivity index (χ1n) is 9.51. The summed E-state index contributed by atoms with van der Waals surface area (Å²) in [5.74, 6) is 8.01. The summed E-state index contributed by atoms with van der Waals surface area (Å²) in [5.41, 5.74) is 9.13. The van der Waals surface area contributed by atoms with Gasteiger partial charge in [0.05, 0.1) is 6.54 Å². The molecule has 3 aromatic rings. The number of nitrogens with two attached hydrogens (primary N) is 1. The Morgan fingerprint density at radius 2 is 2.04 bits per heavy atom. The molecule has 3 aliphatic carbocycles. The normalized spacial score (nSPS) is 26.0. The van der Waals surface area contributed by atoms with E-state index >= 15 is 0 Å². The van der Waals surface area contributed by atoms with Crippen molar-refractivity contribution in [3.05, 3.63) is 59.9 Å². The molecular formula is C22H22N4O2. The van der Waals surface area contributed by atoms with Gasteiger partial charge in [-0.25, -0.2) is 4.98 Å². The molecular weight excluding hydrogens is 352 g/mol. The fraction of sp³-hybridized carbons (Fsp3) is 0.364. The molecule has 2 bridgehead atoms. The monoisotopic (exact) mass is 374 g/mol. The number of nitrogens with zero attached hydrogens (tertiary/aromatic N) is 3. The number of hydrogen-bond acceptors (Lipinski definition) is 5. The summed E-state index contributed by atoms with van der Waals surface area (Å²) in [6, 6.07) is 9.96. The van der Waals surface area contributed by atoms with Gasteiger partial charge in [0, 0.05) is 40.5 Å². The number of hydrogen-bond donors (Lipinski definition) is 2. The van der Waals surface area contributed by atoms with Crippen LogP contribution in [0.4, 0.5) is 0 Å². The summed E-state index contributed by atoms with van der Waals surface area (Å²) in [4.78, 5) is 4.17. The van der Waals surface area contributed by atoms with Crippen LogP contribution in [0.1, 0.15) is 49.4 Å². The zero-order chi connectivity index (χ0) is 19.4. The number of rotatable bonds is 4. The molecule has 3 fully saturated rings. The molecule has 28 heavy (non-hydrogen) atoms. The third-order valence-corrected chi connectivity index (χ3v) is 5.73. The van der Waals surface area contributed by atoms with E-state index < -0.39 is 6.10 Å². The number of aliphatic hydroxyl groups excluding tert-OH is 1. The van der Waals surface area contributed by atoms with E-state index in [1.54, 1.807) is 13.1 Å². The molecule has 3 aliphatic rings. The van der Waals surface area contributed by atoms with Crippen molar-refractivity contribution < 1.29 is 9.63 Å². The van der Waals surface area contributed by atoms with Crippen molar-refractivity contribution in [1.29, 1.82) is 0 Å². The Morgan fingerprint density at radius 3 is 2.71 bits per heavy atom. The molecule has 0 saturated heterocycles. The molecule has 1 aromatic carbocycles. The SMILES string of the molecule is C[C@H](O)c1nccn1Cc1cc(-c2ccc(C#CC34CC(N)(C3)C4)cc2)no1. The van der Waals surface area contributed by atoms with E-state index in [-0.39, 0.29) is 11.0 Å². The van der Waals surface area contributed by atoms with E-state index in [0.29, 0.717) is 18.1 Å². The van der Waals surface area contributed by atoms with Crippen molar-refractivity contribution >= 4 is 0 Å². The second kappa shape index (κ2) is 6.06. The van der Waals surface area contributed by atoms with Crippen molar-refractivity contribution in [3.8, 4) is 23.1 Å². The fourth-order valence-electron chi connectivity index (χ4n) is 4.44. The molecule has 6 nitrogen and oxygen atoms in total. The van der Waals surface area contributed by atoms with Crippen LogP contribution in [0.5, 0.6) is 0 Å². The fourth-order valence-corrected chi connectivity index (χ4v) is 4.44. The largest absolute Gasteiger partial charge is 0.385 e. The maximum atomic E-state index is 9.76. The minimum atomic E-state index is -0.633. The van der Waals surface area contributed by atoms with Crippen LogP contribution in [-0.2, 0) is 6.54 Å². The van der Waals surface area contributed by atoms with Crippen molar-refractivity contribution in [2.45, 2.75) is 44.4 Å². The zero-order valence-corrected chi connectivity index (χ0v) is 15.7. The summed E-state index contributed by atoms with van der Waals surface area (Å²) < 4.78 is 7.32. The molecule has 2 aromatic heterocycles. The van der Waals surface area contributed by atoms with Gasteiger partial charge < -0.3 is 19.9 Å². The predicted octanol–water partition coefficient (Wildman–Crippen LogP) is 2.87. The van der Waals surface area contributed by atoms with Crippen LogP contribution >= 0.6 is 0 Å². The van der Waals surface area contributed by atoms with Gasteiger partial charge in [-0.3, -0.25) is 0 Å². The zero-order valence-electron chi connectivity index (χ0n) is 15.7. The first-order valence-corrected chi connectivity index (χ1v) is 9.51. The lowest BCUT2D eigenvalue weighted by Crippen LogP contribution is -2.71. The Hall–Kier alpha value is -2.88. The van der Waals surface area contributed by atoms with Gasteiger partial charge in [0.15, 0.2) is 5.76 Å². The highest BCUT2D eigenvalue weighted by Crippen LogP contribution is 2.65. The maximum absolute atomic E-state index is 9.76. The summed E-state index contributed by atoms with van der Waals surface area (Å²) >= 11 is 0. The second-order valence-electron chi connectivity index (χ2n) is 8.27.